The zero-order chi connectivity index (χ0) is 21.8. The van der Waals surface area contributed by atoms with Crippen molar-refractivity contribution in [3.05, 3.63) is 106 Å². The number of carbonyl (C=O) groups is 3. The lowest BCUT2D eigenvalue weighted by molar-refractivity contribution is -0.123. The Bertz CT molecular complexity index is 1170. The molecule has 0 bridgehead atoms. The standard InChI is InChI=1S/C25H19NO4S/c1-17-6-5-7-19(14-17)16-26-23(27)22(31-25(26)29)15-18-10-12-21(13-11-18)30-24(28)20-8-3-2-4-9-20/h2-15H,16H2,1H3/b22-15-. The van der Waals surface area contributed by atoms with Crippen molar-refractivity contribution < 1.29 is 19.1 Å². The molecule has 6 heteroatoms. The van der Waals surface area contributed by atoms with E-state index in [1.54, 1.807) is 54.6 Å². The minimum absolute atomic E-state index is 0.248. The smallest absolute Gasteiger partial charge is 0.343 e. The summed E-state index contributed by atoms with van der Waals surface area (Å²) in [7, 11) is 0. The van der Waals surface area contributed by atoms with Gasteiger partial charge < -0.3 is 4.74 Å². The highest BCUT2D eigenvalue weighted by atomic mass is 32.2. The van der Waals surface area contributed by atoms with E-state index in [-0.39, 0.29) is 17.7 Å². The van der Waals surface area contributed by atoms with Gasteiger partial charge in [0.1, 0.15) is 5.75 Å². The summed E-state index contributed by atoms with van der Waals surface area (Å²) in [6.07, 6.45) is 1.67. The Morgan fingerprint density at radius 2 is 1.71 bits per heavy atom. The topological polar surface area (TPSA) is 63.7 Å². The highest BCUT2D eigenvalue weighted by Crippen LogP contribution is 2.33. The number of hydrogen-bond donors (Lipinski definition) is 0. The molecule has 0 radical (unpaired) electrons. The fourth-order valence-electron chi connectivity index (χ4n) is 3.15. The maximum Gasteiger partial charge on any atom is 0.343 e. The number of thioether (sulfide) groups is 1. The number of carbonyl (C=O) groups excluding carboxylic acids is 3. The Morgan fingerprint density at radius 1 is 0.968 bits per heavy atom. The van der Waals surface area contributed by atoms with Gasteiger partial charge in [0, 0.05) is 0 Å². The Hall–Kier alpha value is -3.64. The van der Waals surface area contributed by atoms with Crippen LogP contribution in [0.25, 0.3) is 6.08 Å². The first-order valence-electron chi connectivity index (χ1n) is 9.68. The van der Waals surface area contributed by atoms with E-state index in [2.05, 4.69) is 0 Å². The van der Waals surface area contributed by atoms with E-state index in [0.717, 1.165) is 28.5 Å². The fourth-order valence-corrected chi connectivity index (χ4v) is 3.99. The third-order valence-electron chi connectivity index (χ3n) is 4.69. The summed E-state index contributed by atoms with van der Waals surface area (Å²) < 4.78 is 5.36. The molecule has 0 saturated carbocycles. The van der Waals surface area contributed by atoms with Crippen molar-refractivity contribution in [2.75, 3.05) is 0 Å². The fraction of sp³-hybridized carbons (Fsp3) is 0.0800. The SMILES string of the molecule is Cc1cccc(CN2C(=O)S/C(=C\c3ccc(OC(=O)c4ccccc4)cc3)C2=O)c1. The van der Waals surface area contributed by atoms with E-state index < -0.39 is 5.97 Å². The third-order valence-corrected chi connectivity index (χ3v) is 5.60. The van der Waals surface area contributed by atoms with Crippen molar-refractivity contribution in [3.63, 3.8) is 0 Å². The quantitative estimate of drug-likeness (QED) is 0.307. The van der Waals surface area contributed by atoms with Gasteiger partial charge in [-0.1, -0.05) is 60.2 Å². The van der Waals surface area contributed by atoms with Crippen molar-refractivity contribution >= 4 is 35.0 Å². The maximum absolute atomic E-state index is 12.7. The molecule has 0 aliphatic carbocycles. The number of esters is 1. The summed E-state index contributed by atoms with van der Waals surface area (Å²) in [5, 5.41) is -0.286. The van der Waals surface area contributed by atoms with Gasteiger partial charge in [0.15, 0.2) is 0 Å². The van der Waals surface area contributed by atoms with Crippen LogP contribution in [0.1, 0.15) is 27.0 Å². The summed E-state index contributed by atoms with van der Waals surface area (Å²) >= 11 is 0.925. The summed E-state index contributed by atoms with van der Waals surface area (Å²) in [6, 6.07) is 23.3. The number of ether oxygens (including phenoxy) is 1. The second-order valence-corrected chi connectivity index (χ2v) is 8.07. The summed E-state index contributed by atoms with van der Waals surface area (Å²) in [6.45, 7) is 2.22. The van der Waals surface area contributed by atoms with Crippen LogP contribution in [0.3, 0.4) is 0 Å². The Kier molecular flexibility index (Phi) is 6.00. The monoisotopic (exact) mass is 429 g/mol. The molecule has 1 heterocycles. The molecule has 3 aromatic carbocycles. The molecule has 5 nitrogen and oxygen atoms in total. The first kappa shape index (κ1) is 20.6. The summed E-state index contributed by atoms with van der Waals surface area (Å²) in [5.41, 5.74) is 3.19. The molecule has 0 spiro atoms. The molecule has 31 heavy (non-hydrogen) atoms. The van der Waals surface area contributed by atoms with Crippen molar-refractivity contribution in [3.8, 4) is 5.75 Å². The van der Waals surface area contributed by atoms with Crippen LogP contribution in [0.4, 0.5) is 4.79 Å². The number of hydrogen-bond acceptors (Lipinski definition) is 5. The van der Waals surface area contributed by atoms with Crippen LogP contribution >= 0.6 is 11.8 Å². The number of rotatable bonds is 5. The molecule has 4 rings (SSSR count). The first-order chi connectivity index (χ1) is 15.0. The van der Waals surface area contributed by atoms with Gasteiger partial charge in [0.2, 0.25) is 0 Å². The maximum atomic E-state index is 12.7. The Labute approximate surface area is 184 Å². The lowest BCUT2D eigenvalue weighted by Gasteiger charge is -2.12. The molecule has 154 valence electrons. The second kappa shape index (κ2) is 9.02. The second-order valence-electron chi connectivity index (χ2n) is 7.08. The zero-order valence-corrected chi connectivity index (χ0v) is 17.6. The van der Waals surface area contributed by atoms with Crippen LogP contribution in [0.2, 0.25) is 0 Å². The van der Waals surface area contributed by atoms with Crippen LogP contribution in [0.15, 0.2) is 83.8 Å². The van der Waals surface area contributed by atoms with Crippen molar-refractivity contribution in [1.29, 1.82) is 0 Å². The van der Waals surface area contributed by atoms with Gasteiger partial charge in [-0.05, 0) is 60.2 Å². The van der Waals surface area contributed by atoms with Gasteiger partial charge in [0.05, 0.1) is 17.0 Å². The van der Waals surface area contributed by atoms with Crippen molar-refractivity contribution in [1.82, 2.24) is 4.90 Å². The molecular weight excluding hydrogens is 410 g/mol. The van der Waals surface area contributed by atoms with E-state index >= 15 is 0 Å². The van der Waals surface area contributed by atoms with E-state index in [9.17, 15) is 14.4 Å². The van der Waals surface area contributed by atoms with E-state index in [1.807, 2.05) is 37.3 Å². The lowest BCUT2D eigenvalue weighted by atomic mass is 10.1. The molecule has 1 saturated heterocycles. The van der Waals surface area contributed by atoms with Gasteiger partial charge in [-0.25, -0.2) is 4.79 Å². The number of nitrogens with zero attached hydrogens (tertiary/aromatic N) is 1. The van der Waals surface area contributed by atoms with Crippen LogP contribution < -0.4 is 4.74 Å². The van der Waals surface area contributed by atoms with E-state index in [0.29, 0.717) is 16.2 Å². The van der Waals surface area contributed by atoms with E-state index in [4.69, 9.17) is 4.74 Å². The van der Waals surface area contributed by atoms with Crippen LogP contribution in [-0.4, -0.2) is 22.0 Å². The van der Waals surface area contributed by atoms with Gasteiger partial charge in [-0.3, -0.25) is 14.5 Å². The Balaban J connectivity index is 1.44. The molecule has 2 amide bonds. The highest BCUT2D eigenvalue weighted by Gasteiger charge is 2.34. The van der Waals surface area contributed by atoms with Crippen molar-refractivity contribution in [2.45, 2.75) is 13.5 Å². The first-order valence-corrected chi connectivity index (χ1v) is 10.5. The van der Waals surface area contributed by atoms with Crippen LogP contribution in [0.5, 0.6) is 5.75 Å². The molecule has 3 aromatic rings. The lowest BCUT2D eigenvalue weighted by Crippen LogP contribution is -2.27. The average Bonchev–Trinajstić information content (AvgIpc) is 3.03. The molecule has 1 aliphatic heterocycles. The molecular formula is C25H19NO4S. The minimum atomic E-state index is -0.439. The summed E-state index contributed by atoms with van der Waals surface area (Å²) in [5.74, 6) is -0.347. The summed E-state index contributed by atoms with van der Waals surface area (Å²) in [4.78, 5) is 38.8. The predicted molar refractivity (Wildman–Crippen MR) is 121 cm³/mol. The molecule has 0 unspecified atom stereocenters. The average molecular weight is 429 g/mol. The molecule has 1 aliphatic rings. The molecule has 0 N–H and O–H groups in total. The van der Waals surface area contributed by atoms with Gasteiger partial charge in [-0.2, -0.15) is 0 Å². The number of imide groups is 1. The molecule has 0 atom stereocenters. The Morgan fingerprint density at radius 3 is 2.42 bits per heavy atom. The van der Waals surface area contributed by atoms with Gasteiger partial charge in [0.25, 0.3) is 11.1 Å². The van der Waals surface area contributed by atoms with Crippen molar-refractivity contribution in [2.24, 2.45) is 0 Å². The largest absolute Gasteiger partial charge is 0.423 e. The molecule has 0 aromatic heterocycles. The van der Waals surface area contributed by atoms with Crippen LogP contribution in [0, 0.1) is 6.92 Å². The van der Waals surface area contributed by atoms with Gasteiger partial charge in [-0.15, -0.1) is 0 Å². The normalized spacial score (nSPS) is 14.9. The minimum Gasteiger partial charge on any atom is -0.423 e. The third kappa shape index (κ3) is 4.92. The predicted octanol–water partition coefficient (Wildman–Crippen LogP) is 5.45. The van der Waals surface area contributed by atoms with Gasteiger partial charge >= 0.3 is 5.97 Å². The number of amides is 2. The zero-order valence-electron chi connectivity index (χ0n) is 16.8. The van der Waals surface area contributed by atoms with E-state index in [1.165, 1.54) is 4.90 Å². The highest BCUT2D eigenvalue weighted by molar-refractivity contribution is 8.18. The van der Waals surface area contributed by atoms with Crippen LogP contribution in [-0.2, 0) is 11.3 Å². The number of benzene rings is 3. The molecule has 1 fully saturated rings. The number of aryl methyl sites for hydroxylation is 1.